The highest BCUT2D eigenvalue weighted by molar-refractivity contribution is 5.95. The largest absolute Gasteiger partial charge is 0.467 e. The van der Waals surface area contributed by atoms with E-state index in [0.29, 0.717) is 0 Å². The lowest BCUT2D eigenvalue weighted by atomic mass is 9.85. The first kappa shape index (κ1) is 25.3. The first-order valence-electron chi connectivity index (χ1n) is 11.5. The average Bonchev–Trinajstić information content (AvgIpc) is 2.89. The SMILES string of the molecule is COC(=O)[C@H](NC(=O)C1(NC(=O)OC(C)(C)C)Cc2ccccc2-c2ccccc2C1)C(C)C. The Balaban J connectivity index is 2.11. The number of hydrogen-bond donors (Lipinski definition) is 2. The number of benzene rings is 2. The molecule has 0 radical (unpaired) electrons. The Morgan fingerprint density at radius 2 is 1.41 bits per heavy atom. The highest BCUT2D eigenvalue weighted by Crippen LogP contribution is 2.36. The molecule has 1 atom stereocenters. The van der Waals surface area contributed by atoms with Crippen molar-refractivity contribution in [2.75, 3.05) is 7.11 Å². The molecule has 0 heterocycles. The summed E-state index contributed by atoms with van der Waals surface area (Å²) >= 11 is 0. The van der Waals surface area contributed by atoms with Gasteiger partial charge in [-0.3, -0.25) is 4.79 Å². The maximum Gasteiger partial charge on any atom is 0.408 e. The number of fused-ring (bicyclic) bond motifs is 3. The lowest BCUT2D eigenvalue weighted by Gasteiger charge is -2.35. The Morgan fingerprint density at radius 1 is 0.912 bits per heavy atom. The second-order valence-corrected chi connectivity index (χ2v) is 10.1. The summed E-state index contributed by atoms with van der Waals surface area (Å²) in [5, 5.41) is 5.74. The van der Waals surface area contributed by atoms with Crippen molar-refractivity contribution < 1.29 is 23.9 Å². The van der Waals surface area contributed by atoms with Gasteiger partial charge in [0.15, 0.2) is 0 Å². The summed E-state index contributed by atoms with van der Waals surface area (Å²) in [6.45, 7) is 8.95. The third-order valence-corrected chi connectivity index (χ3v) is 5.89. The minimum absolute atomic E-state index is 0.208. The summed E-state index contributed by atoms with van der Waals surface area (Å²) in [6, 6.07) is 14.8. The van der Waals surface area contributed by atoms with Crippen LogP contribution < -0.4 is 10.6 Å². The van der Waals surface area contributed by atoms with Crippen LogP contribution in [-0.2, 0) is 31.9 Å². The Labute approximate surface area is 201 Å². The fourth-order valence-electron chi connectivity index (χ4n) is 4.30. The van der Waals surface area contributed by atoms with Crippen LogP contribution in [0.5, 0.6) is 0 Å². The second kappa shape index (κ2) is 9.87. The molecule has 3 rings (SSSR count). The van der Waals surface area contributed by atoms with Crippen molar-refractivity contribution >= 4 is 18.0 Å². The molecule has 0 fully saturated rings. The van der Waals surface area contributed by atoms with Crippen LogP contribution in [0.1, 0.15) is 45.7 Å². The molecule has 2 amide bonds. The molecule has 182 valence electrons. The van der Waals surface area contributed by atoms with Gasteiger partial charge in [-0.05, 0) is 48.9 Å². The van der Waals surface area contributed by atoms with Gasteiger partial charge < -0.3 is 20.1 Å². The predicted molar refractivity (Wildman–Crippen MR) is 130 cm³/mol. The zero-order valence-corrected chi connectivity index (χ0v) is 20.7. The van der Waals surface area contributed by atoms with Crippen LogP contribution in [0.2, 0.25) is 0 Å². The molecular weight excluding hydrogens is 432 g/mol. The number of methoxy groups -OCH3 is 1. The van der Waals surface area contributed by atoms with Gasteiger partial charge in [0, 0.05) is 12.8 Å². The van der Waals surface area contributed by atoms with Crippen LogP contribution >= 0.6 is 0 Å². The molecule has 0 aliphatic heterocycles. The van der Waals surface area contributed by atoms with E-state index in [-0.39, 0.29) is 18.8 Å². The van der Waals surface area contributed by atoms with E-state index >= 15 is 0 Å². The summed E-state index contributed by atoms with van der Waals surface area (Å²) in [7, 11) is 1.29. The molecule has 34 heavy (non-hydrogen) atoms. The number of carbonyl (C=O) groups is 3. The van der Waals surface area contributed by atoms with E-state index in [1.807, 2.05) is 62.4 Å². The highest BCUT2D eigenvalue weighted by atomic mass is 16.6. The number of carbonyl (C=O) groups excluding carboxylic acids is 3. The molecule has 0 spiro atoms. The van der Waals surface area contributed by atoms with Crippen molar-refractivity contribution in [2.45, 2.75) is 64.6 Å². The Kier molecular flexibility index (Phi) is 7.34. The summed E-state index contributed by atoms with van der Waals surface area (Å²) in [5.41, 5.74) is 1.72. The van der Waals surface area contributed by atoms with Gasteiger partial charge in [-0.15, -0.1) is 0 Å². The second-order valence-electron chi connectivity index (χ2n) is 10.1. The van der Waals surface area contributed by atoms with Crippen molar-refractivity contribution in [3.63, 3.8) is 0 Å². The topological polar surface area (TPSA) is 93.7 Å². The van der Waals surface area contributed by atoms with E-state index in [1.165, 1.54) is 7.11 Å². The lowest BCUT2D eigenvalue weighted by Crippen LogP contribution is -2.64. The van der Waals surface area contributed by atoms with Gasteiger partial charge in [0.1, 0.15) is 17.2 Å². The maximum absolute atomic E-state index is 13.9. The fraction of sp³-hybridized carbons (Fsp3) is 0.444. The van der Waals surface area contributed by atoms with E-state index in [4.69, 9.17) is 9.47 Å². The van der Waals surface area contributed by atoms with E-state index in [9.17, 15) is 14.4 Å². The monoisotopic (exact) mass is 466 g/mol. The van der Waals surface area contributed by atoms with Crippen molar-refractivity contribution in [1.82, 2.24) is 10.6 Å². The van der Waals surface area contributed by atoms with E-state index < -0.39 is 35.2 Å². The number of ether oxygens (including phenoxy) is 2. The van der Waals surface area contributed by atoms with Crippen LogP contribution in [0.3, 0.4) is 0 Å². The molecule has 2 N–H and O–H groups in total. The number of rotatable bonds is 5. The molecule has 0 aromatic heterocycles. The van der Waals surface area contributed by atoms with Gasteiger partial charge in [-0.1, -0.05) is 62.4 Å². The van der Waals surface area contributed by atoms with Crippen LogP contribution in [0.15, 0.2) is 48.5 Å². The zero-order chi connectivity index (χ0) is 25.1. The van der Waals surface area contributed by atoms with Gasteiger partial charge in [-0.2, -0.15) is 0 Å². The standard InChI is InChI=1S/C27H34N2O5/c1-17(2)22(23(30)33-6)28-24(31)27(29-25(32)34-26(3,4)5)15-18-11-7-9-13-20(18)21-14-10-8-12-19(21)16-27/h7-14,17,22H,15-16H2,1-6H3,(H,28,31)(H,29,32)/t22-/m1/s1. The molecule has 2 aromatic rings. The first-order valence-corrected chi connectivity index (χ1v) is 11.5. The number of nitrogens with one attached hydrogen (secondary N) is 2. The van der Waals surface area contributed by atoms with Gasteiger partial charge in [0.05, 0.1) is 7.11 Å². The molecule has 1 aliphatic carbocycles. The number of esters is 1. The van der Waals surface area contributed by atoms with Crippen molar-refractivity contribution in [3.8, 4) is 11.1 Å². The van der Waals surface area contributed by atoms with Gasteiger partial charge in [0.25, 0.3) is 0 Å². The molecule has 0 saturated heterocycles. The third-order valence-electron chi connectivity index (χ3n) is 5.89. The smallest absolute Gasteiger partial charge is 0.408 e. The molecule has 7 nitrogen and oxygen atoms in total. The van der Waals surface area contributed by atoms with Crippen LogP contribution in [-0.4, -0.2) is 42.3 Å². The Hall–Kier alpha value is -3.35. The van der Waals surface area contributed by atoms with Crippen molar-refractivity contribution in [3.05, 3.63) is 59.7 Å². The van der Waals surface area contributed by atoms with E-state index in [2.05, 4.69) is 10.6 Å². The maximum atomic E-state index is 13.9. The highest BCUT2D eigenvalue weighted by Gasteiger charge is 2.45. The van der Waals surface area contributed by atoms with Gasteiger partial charge in [-0.25, -0.2) is 9.59 Å². The van der Waals surface area contributed by atoms with Crippen LogP contribution in [0.25, 0.3) is 11.1 Å². The minimum Gasteiger partial charge on any atom is -0.467 e. The Morgan fingerprint density at radius 3 is 1.85 bits per heavy atom. The first-order chi connectivity index (χ1) is 16.0. The summed E-state index contributed by atoms with van der Waals surface area (Å²) in [4.78, 5) is 39.3. The number of amides is 2. The van der Waals surface area contributed by atoms with Gasteiger partial charge >= 0.3 is 12.1 Å². The molecule has 0 bridgehead atoms. The predicted octanol–water partition coefficient (Wildman–Crippen LogP) is 4.03. The van der Waals surface area contributed by atoms with Crippen LogP contribution in [0, 0.1) is 5.92 Å². The normalized spacial score (nSPS) is 15.3. The molecule has 7 heteroatoms. The molecular formula is C27H34N2O5. The molecule has 2 aromatic carbocycles. The third kappa shape index (κ3) is 5.58. The zero-order valence-electron chi connectivity index (χ0n) is 20.7. The van der Waals surface area contributed by atoms with Crippen molar-refractivity contribution in [2.24, 2.45) is 5.92 Å². The lowest BCUT2D eigenvalue weighted by molar-refractivity contribution is -0.147. The number of alkyl carbamates (subject to hydrolysis) is 1. The molecule has 0 unspecified atom stereocenters. The van der Waals surface area contributed by atoms with Crippen molar-refractivity contribution in [1.29, 1.82) is 0 Å². The van der Waals surface area contributed by atoms with E-state index in [0.717, 1.165) is 22.3 Å². The molecule has 0 saturated carbocycles. The number of hydrogen-bond acceptors (Lipinski definition) is 5. The molecule has 1 aliphatic rings. The quantitative estimate of drug-likeness (QED) is 0.649. The summed E-state index contributed by atoms with van der Waals surface area (Å²) < 4.78 is 10.4. The van der Waals surface area contributed by atoms with Gasteiger partial charge in [0.2, 0.25) is 5.91 Å². The Bertz CT molecular complexity index is 1020. The van der Waals surface area contributed by atoms with Crippen LogP contribution in [0.4, 0.5) is 4.79 Å². The summed E-state index contributed by atoms with van der Waals surface area (Å²) in [5.74, 6) is -1.21. The van der Waals surface area contributed by atoms with E-state index in [1.54, 1.807) is 20.8 Å². The fourth-order valence-corrected chi connectivity index (χ4v) is 4.30. The average molecular weight is 467 g/mol. The summed E-state index contributed by atoms with van der Waals surface area (Å²) in [6.07, 6.45) is -0.234. The minimum atomic E-state index is -1.38.